The highest BCUT2D eigenvalue weighted by Gasteiger charge is 2.43. The fourth-order valence-electron chi connectivity index (χ4n) is 3.58. The summed E-state index contributed by atoms with van der Waals surface area (Å²) in [5.74, 6) is 0. The molecule has 2 aromatic heterocycles. The predicted octanol–water partition coefficient (Wildman–Crippen LogP) is 3.76. The van der Waals surface area contributed by atoms with Gasteiger partial charge in [-0.3, -0.25) is 10.1 Å². The van der Waals surface area contributed by atoms with Gasteiger partial charge in [0, 0.05) is 11.1 Å². The summed E-state index contributed by atoms with van der Waals surface area (Å²) in [6.07, 6.45) is 7.19. The van der Waals surface area contributed by atoms with Gasteiger partial charge in [-0.2, -0.15) is 0 Å². The molecule has 0 saturated heterocycles. The number of hydrogen-bond donors (Lipinski definition) is 4. The van der Waals surface area contributed by atoms with E-state index in [0.29, 0.717) is 5.01 Å². The summed E-state index contributed by atoms with van der Waals surface area (Å²) in [6.45, 7) is 7.71. The first-order valence-electron chi connectivity index (χ1n) is 9.70. The Morgan fingerprint density at radius 1 is 1.38 bits per heavy atom. The first-order chi connectivity index (χ1) is 13.5. The SMILES string of the molecule is CC(C)(O)c1ncc(SN)s1.Cc1c(C2(C)CC2)nc2c(c1NC(N)=O)CCC2. The minimum atomic E-state index is -0.849. The Bertz CT molecular complexity index is 916. The zero-order valence-corrected chi connectivity index (χ0v) is 19.0. The molecule has 7 nitrogen and oxygen atoms in total. The van der Waals surface area contributed by atoms with Crippen molar-refractivity contribution in [1.82, 2.24) is 9.97 Å². The number of aliphatic hydroxyl groups is 1. The molecule has 1 saturated carbocycles. The first kappa shape index (κ1) is 22.0. The summed E-state index contributed by atoms with van der Waals surface area (Å²) in [4.78, 5) is 20.1. The normalized spacial score (nSPS) is 16.6. The summed E-state index contributed by atoms with van der Waals surface area (Å²) in [5, 5.41) is 18.3. The van der Waals surface area contributed by atoms with Crippen LogP contribution < -0.4 is 16.2 Å². The van der Waals surface area contributed by atoms with Gasteiger partial charge in [0.1, 0.15) is 10.6 Å². The molecular weight excluding hydrogens is 406 g/mol. The molecule has 2 amide bonds. The molecule has 0 radical (unpaired) electrons. The van der Waals surface area contributed by atoms with Gasteiger partial charge in [-0.15, -0.1) is 11.3 Å². The molecule has 2 aliphatic carbocycles. The number of urea groups is 1. The average Bonchev–Trinajstić information content (AvgIpc) is 3.05. The molecule has 4 rings (SSSR count). The molecule has 2 aromatic rings. The van der Waals surface area contributed by atoms with Crippen LogP contribution in [0.15, 0.2) is 10.4 Å². The number of primary amides is 1. The van der Waals surface area contributed by atoms with Gasteiger partial charge in [-0.05, 0) is 76.0 Å². The number of nitrogens with zero attached hydrogens (tertiary/aromatic N) is 2. The second-order valence-corrected chi connectivity index (χ2v) is 10.4. The maximum Gasteiger partial charge on any atom is 0.316 e. The van der Waals surface area contributed by atoms with Crippen LogP contribution in [0.1, 0.15) is 67.6 Å². The number of nitrogens with one attached hydrogen (secondary N) is 1. The molecule has 2 heterocycles. The zero-order valence-electron chi connectivity index (χ0n) is 17.3. The molecule has 0 aliphatic heterocycles. The largest absolute Gasteiger partial charge is 0.383 e. The minimum absolute atomic E-state index is 0.218. The highest BCUT2D eigenvalue weighted by molar-refractivity contribution is 7.99. The number of carbonyl (C=O) groups excluding carboxylic acids is 1. The number of amides is 2. The summed E-state index contributed by atoms with van der Waals surface area (Å²) in [7, 11) is 0. The van der Waals surface area contributed by atoms with E-state index < -0.39 is 11.6 Å². The van der Waals surface area contributed by atoms with E-state index >= 15 is 0 Å². The van der Waals surface area contributed by atoms with Gasteiger partial charge in [0.15, 0.2) is 0 Å². The van der Waals surface area contributed by atoms with E-state index in [9.17, 15) is 9.90 Å². The fourth-order valence-corrected chi connectivity index (χ4v) is 4.78. The Morgan fingerprint density at radius 3 is 2.55 bits per heavy atom. The number of anilines is 1. The average molecular weight is 436 g/mol. The van der Waals surface area contributed by atoms with Crippen molar-refractivity contribution < 1.29 is 9.90 Å². The Labute approximate surface area is 179 Å². The molecule has 0 spiro atoms. The number of nitrogens with two attached hydrogens (primary N) is 2. The first-order valence-corrected chi connectivity index (χ1v) is 11.4. The maximum atomic E-state index is 11.2. The summed E-state index contributed by atoms with van der Waals surface area (Å²) in [5.41, 5.74) is 10.2. The van der Waals surface area contributed by atoms with Crippen LogP contribution in [0.5, 0.6) is 0 Å². The lowest BCUT2D eigenvalue weighted by atomic mass is 9.96. The lowest BCUT2D eigenvalue weighted by molar-refractivity contribution is 0.0783. The molecule has 6 N–H and O–H groups in total. The number of rotatable bonds is 4. The van der Waals surface area contributed by atoms with Crippen molar-refractivity contribution in [1.29, 1.82) is 0 Å². The summed E-state index contributed by atoms with van der Waals surface area (Å²) in [6, 6.07) is -0.481. The van der Waals surface area contributed by atoms with E-state index in [1.165, 1.54) is 29.7 Å². The van der Waals surface area contributed by atoms with Crippen LogP contribution in [0.3, 0.4) is 0 Å². The monoisotopic (exact) mass is 435 g/mol. The number of thiazole rings is 1. The van der Waals surface area contributed by atoms with Crippen LogP contribution in [0.25, 0.3) is 0 Å². The van der Waals surface area contributed by atoms with Crippen LogP contribution >= 0.6 is 23.3 Å². The minimum Gasteiger partial charge on any atom is -0.383 e. The predicted molar refractivity (Wildman–Crippen MR) is 118 cm³/mol. The van der Waals surface area contributed by atoms with Crippen LogP contribution in [0, 0.1) is 6.92 Å². The second kappa shape index (κ2) is 8.22. The third kappa shape index (κ3) is 4.91. The topological polar surface area (TPSA) is 127 Å². The molecule has 0 aromatic carbocycles. The Kier molecular flexibility index (Phi) is 6.24. The molecular formula is C20H29N5O2S2. The van der Waals surface area contributed by atoms with Crippen molar-refractivity contribution in [2.75, 3.05) is 5.32 Å². The van der Waals surface area contributed by atoms with Gasteiger partial charge in [0.2, 0.25) is 0 Å². The van der Waals surface area contributed by atoms with Crippen molar-refractivity contribution in [3.8, 4) is 0 Å². The van der Waals surface area contributed by atoms with E-state index in [2.05, 4.69) is 24.1 Å². The van der Waals surface area contributed by atoms with Crippen LogP contribution in [0.4, 0.5) is 10.5 Å². The highest BCUT2D eigenvalue weighted by Crippen LogP contribution is 2.50. The third-order valence-corrected chi connectivity index (χ3v) is 7.39. The van der Waals surface area contributed by atoms with Gasteiger partial charge in [0.25, 0.3) is 0 Å². The number of pyridine rings is 1. The molecule has 9 heteroatoms. The number of aryl methyl sites for hydroxylation is 1. The van der Waals surface area contributed by atoms with Gasteiger partial charge >= 0.3 is 6.03 Å². The number of hydrogen-bond acceptors (Lipinski definition) is 7. The van der Waals surface area contributed by atoms with Gasteiger partial charge in [-0.25, -0.2) is 9.78 Å². The van der Waals surface area contributed by atoms with Gasteiger partial charge in [0.05, 0.1) is 21.8 Å². The Balaban J connectivity index is 0.000000188. The smallest absolute Gasteiger partial charge is 0.316 e. The molecule has 1 fully saturated rings. The Hall–Kier alpha value is -1.68. The molecule has 29 heavy (non-hydrogen) atoms. The lowest BCUT2D eigenvalue weighted by Gasteiger charge is -2.19. The maximum absolute atomic E-state index is 11.2. The van der Waals surface area contributed by atoms with E-state index in [4.69, 9.17) is 15.9 Å². The molecule has 0 atom stereocenters. The third-order valence-electron chi connectivity index (χ3n) is 5.41. The van der Waals surface area contributed by atoms with Crippen molar-refractivity contribution >= 4 is 35.0 Å². The molecule has 0 unspecified atom stereocenters. The Morgan fingerprint density at radius 2 is 2.07 bits per heavy atom. The van der Waals surface area contributed by atoms with Crippen LogP contribution in [-0.4, -0.2) is 21.1 Å². The van der Waals surface area contributed by atoms with Gasteiger partial charge in [-0.1, -0.05) is 6.92 Å². The van der Waals surface area contributed by atoms with E-state index in [-0.39, 0.29) is 5.41 Å². The standard InChI is InChI=1S/C14H19N3O.C6H10N2OS2/c1-8-11(17-13(15)18)9-4-3-5-10(9)16-12(8)14(2)6-7-14;1-6(2,9)5-8-3-4(10-5)11-7/h3-7H2,1-2H3,(H3,15,16,17,18);3,9H,7H2,1-2H3. The lowest BCUT2D eigenvalue weighted by Crippen LogP contribution is -2.22. The highest BCUT2D eigenvalue weighted by atomic mass is 32.2. The molecule has 0 bridgehead atoms. The van der Waals surface area contributed by atoms with E-state index in [0.717, 1.165) is 58.1 Å². The van der Waals surface area contributed by atoms with Crippen LogP contribution in [-0.2, 0) is 23.9 Å². The van der Waals surface area contributed by atoms with E-state index in [1.54, 1.807) is 20.0 Å². The van der Waals surface area contributed by atoms with Crippen molar-refractivity contribution in [2.24, 2.45) is 10.9 Å². The zero-order chi connectivity index (χ0) is 21.4. The summed E-state index contributed by atoms with van der Waals surface area (Å²) >= 11 is 2.57. The molecule has 2 aliphatic rings. The van der Waals surface area contributed by atoms with E-state index in [1.807, 2.05) is 0 Å². The number of fused-ring (bicyclic) bond motifs is 1. The van der Waals surface area contributed by atoms with Crippen molar-refractivity contribution in [3.05, 3.63) is 33.7 Å². The second-order valence-electron chi connectivity index (χ2n) is 8.45. The van der Waals surface area contributed by atoms with Gasteiger partial charge < -0.3 is 16.2 Å². The molecule has 158 valence electrons. The van der Waals surface area contributed by atoms with Crippen LogP contribution in [0.2, 0.25) is 0 Å². The number of carbonyl (C=O) groups is 1. The van der Waals surface area contributed by atoms with Crippen molar-refractivity contribution in [3.63, 3.8) is 0 Å². The van der Waals surface area contributed by atoms with Crippen molar-refractivity contribution in [2.45, 2.75) is 75.0 Å². The summed E-state index contributed by atoms with van der Waals surface area (Å²) < 4.78 is 0.919. The quantitative estimate of drug-likeness (QED) is 0.542. The number of aromatic nitrogens is 2. The fraction of sp³-hybridized carbons (Fsp3) is 0.550.